The van der Waals surface area contributed by atoms with Crippen molar-refractivity contribution in [3.8, 4) is 0 Å². The zero-order chi connectivity index (χ0) is 14.4. The lowest BCUT2D eigenvalue weighted by atomic mass is 10.4. The normalized spacial score (nSPS) is 11.4. The van der Waals surface area contributed by atoms with Gasteiger partial charge in [0.05, 0.1) is 5.69 Å². The van der Waals surface area contributed by atoms with E-state index in [1.54, 1.807) is 12.1 Å². The van der Waals surface area contributed by atoms with Gasteiger partial charge in [-0.15, -0.1) is 0 Å². The molecule has 2 aromatic rings. The van der Waals surface area contributed by atoms with Crippen molar-refractivity contribution in [2.45, 2.75) is 24.9 Å². The number of hydrogen-bond acceptors (Lipinski definition) is 5. The van der Waals surface area contributed by atoms with Crippen LogP contribution in [0.5, 0.6) is 0 Å². The molecule has 0 spiro atoms. The van der Waals surface area contributed by atoms with Gasteiger partial charge in [-0.2, -0.15) is 11.3 Å². The Labute approximate surface area is 123 Å². The summed E-state index contributed by atoms with van der Waals surface area (Å²) < 4.78 is 27.2. The lowest BCUT2D eigenvalue weighted by molar-refractivity contribution is 0.578. The lowest BCUT2D eigenvalue weighted by Crippen LogP contribution is -2.25. The minimum absolute atomic E-state index is 0.0451. The minimum Gasteiger partial charge on any atom is -0.383 e. The van der Waals surface area contributed by atoms with E-state index in [9.17, 15) is 8.42 Å². The summed E-state index contributed by atoms with van der Waals surface area (Å²) in [7, 11) is -3.62. The zero-order valence-corrected chi connectivity index (χ0v) is 12.8. The molecule has 5 nitrogen and oxygen atoms in total. The quantitative estimate of drug-likeness (QED) is 0.824. The first kappa shape index (κ1) is 15.0. The van der Waals surface area contributed by atoms with Crippen LogP contribution in [0.4, 0.5) is 5.69 Å². The Balaban J connectivity index is 2.16. The number of anilines is 1. The third kappa shape index (κ3) is 3.78. The summed E-state index contributed by atoms with van der Waals surface area (Å²) in [5.41, 5.74) is 1.48. The standard InChI is InChI=1S/C13H17N3O2S2/c1-2-6-14-12-4-3-7-15-13(12)20(17,18)16-9-11-5-8-19-10-11/h3-5,7-8,10,14,16H,2,6,9H2,1H3. The maximum absolute atomic E-state index is 12.3. The summed E-state index contributed by atoms with van der Waals surface area (Å²) in [5.74, 6) is 0. The van der Waals surface area contributed by atoms with Gasteiger partial charge in [0.15, 0.2) is 5.03 Å². The van der Waals surface area contributed by atoms with Crippen molar-refractivity contribution in [1.82, 2.24) is 9.71 Å². The summed E-state index contributed by atoms with van der Waals surface area (Å²) >= 11 is 1.54. The van der Waals surface area contributed by atoms with E-state index in [1.165, 1.54) is 17.5 Å². The van der Waals surface area contributed by atoms with Crippen molar-refractivity contribution in [1.29, 1.82) is 0 Å². The number of thiophene rings is 1. The fourth-order valence-corrected chi connectivity index (χ4v) is 3.43. The molecular formula is C13H17N3O2S2. The molecule has 0 fully saturated rings. The van der Waals surface area contributed by atoms with Crippen molar-refractivity contribution in [2.75, 3.05) is 11.9 Å². The highest BCUT2D eigenvalue weighted by molar-refractivity contribution is 7.89. The number of pyridine rings is 1. The highest BCUT2D eigenvalue weighted by Gasteiger charge is 2.19. The molecule has 2 rings (SSSR count). The van der Waals surface area contributed by atoms with Gasteiger partial charge in [-0.25, -0.2) is 18.1 Å². The number of nitrogens with zero attached hydrogens (tertiary/aromatic N) is 1. The first-order chi connectivity index (χ1) is 9.63. The Kier molecular flexibility index (Phi) is 5.11. The first-order valence-corrected chi connectivity index (χ1v) is 8.75. The molecular weight excluding hydrogens is 294 g/mol. The van der Waals surface area contributed by atoms with Gasteiger partial charge in [-0.3, -0.25) is 0 Å². The van der Waals surface area contributed by atoms with Gasteiger partial charge in [-0.1, -0.05) is 6.92 Å². The second-order valence-corrected chi connectivity index (χ2v) is 6.70. The second kappa shape index (κ2) is 6.83. The van der Waals surface area contributed by atoms with Crippen LogP contribution in [0.15, 0.2) is 40.2 Å². The van der Waals surface area contributed by atoms with Crippen molar-refractivity contribution in [2.24, 2.45) is 0 Å². The Morgan fingerprint density at radius 3 is 2.90 bits per heavy atom. The molecule has 0 atom stereocenters. The summed E-state index contributed by atoms with van der Waals surface area (Å²) in [4.78, 5) is 3.99. The van der Waals surface area contributed by atoms with Gasteiger partial charge in [-0.05, 0) is 40.9 Å². The number of sulfonamides is 1. The highest BCUT2D eigenvalue weighted by atomic mass is 32.2. The van der Waals surface area contributed by atoms with Crippen LogP contribution in [-0.2, 0) is 16.6 Å². The summed E-state index contributed by atoms with van der Waals surface area (Å²) in [6, 6.07) is 5.33. The van der Waals surface area contributed by atoms with Crippen LogP contribution < -0.4 is 10.0 Å². The molecule has 2 N–H and O–H groups in total. The van der Waals surface area contributed by atoms with Crippen LogP contribution in [0, 0.1) is 0 Å². The van der Waals surface area contributed by atoms with Crippen molar-refractivity contribution in [3.63, 3.8) is 0 Å². The van der Waals surface area contributed by atoms with Crippen LogP contribution in [0.25, 0.3) is 0 Å². The SMILES string of the molecule is CCCNc1cccnc1S(=O)(=O)NCc1ccsc1. The third-order valence-electron chi connectivity index (χ3n) is 2.64. The topological polar surface area (TPSA) is 71.1 Å². The smallest absolute Gasteiger partial charge is 0.260 e. The van der Waals surface area contributed by atoms with E-state index >= 15 is 0 Å². The van der Waals surface area contributed by atoms with Gasteiger partial charge in [0.1, 0.15) is 0 Å². The zero-order valence-electron chi connectivity index (χ0n) is 11.2. The molecule has 0 saturated heterocycles. The van der Waals surface area contributed by atoms with Crippen LogP contribution in [0.2, 0.25) is 0 Å². The summed E-state index contributed by atoms with van der Waals surface area (Å²) in [6.07, 6.45) is 2.40. The monoisotopic (exact) mass is 311 g/mol. The first-order valence-electron chi connectivity index (χ1n) is 6.33. The summed E-state index contributed by atoms with van der Waals surface area (Å²) in [6.45, 7) is 3.00. The molecule has 7 heteroatoms. The third-order valence-corrected chi connectivity index (χ3v) is 4.73. The average molecular weight is 311 g/mol. The van der Waals surface area contributed by atoms with E-state index in [0.717, 1.165) is 12.0 Å². The van der Waals surface area contributed by atoms with Crippen molar-refractivity contribution < 1.29 is 8.42 Å². The Morgan fingerprint density at radius 1 is 1.35 bits per heavy atom. The molecule has 0 amide bonds. The van der Waals surface area contributed by atoms with Gasteiger partial charge in [0, 0.05) is 19.3 Å². The average Bonchev–Trinajstić information content (AvgIpc) is 2.97. The molecule has 0 aliphatic rings. The highest BCUT2D eigenvalue weighted by Crippen LogP contribution is 2.18. The number of nitrogens with one attached hydrogen (secondary N) is 2. The van der Waals surface area contributed by atoms with E-state index in [0.29, 0.717) is 12.2 Å². The van der Waals surface area contributed by atoms with Gasteiger partial charge in [0.2, 0.25) is 0 Å². The predicted molar refractivity (Wildman–Crippen MR) is 81.4 cm³/mol. The molecule has 2 aromatic heterocycles. The maximum Gasteiger partial charge on any atom is 0.260 e. The fraction of sp³-hybridized carbons (Fsp3) is 0.308. The number of aromatic nitrogens is 1. The number of hydrogen-bond donors (Lipinski definition) is 2. The van der Waals surface area contributed by atoms with E-state index in [-0.39, 0.29) is 11.6 Å². The molecule has 0 aromatic carbocycles. The lowest BCUT2D eigenvalue weighted by Gasteiger charge is -2.11. The van der Waals surface area contributed by atoms with Crippen LogP contribution in [0.3, 0.4) is 0 Å². The minimum atomic E-state index is -3.62. The van der Waals surface area contributed by atoms with E-state index in [4.69, 9.17) is 0 Å². The number of rotatable bonds is 7. The fourth-order valence-electron chi connectivity index (χ4n) is 1.64. The van der Waals surface area contributed by atoms with Crippen LogP contribution >= 0.6 is 11.3 Å². The van der Waals surface area contributed by atoms with Crippen molar-refractivity contribution in [3.05, 3.63) is 40.7 Å². The molecule has 0 aliphatic heterocycles. The summed E-state index contributed by atoms with van der Waals surface area (Å²) in [5, 5.41) is 6.96. The van der Waals surface area contributed by atoms with Gasteiger partial charge in [0.25, 0.3) is 10.0 Å². The molecule has 0 radical (unpaired) electrons. The maximum atomic E-state index is 12.3. The molecule has 0 saturated carbocycles. The van der Waals surface area contributed by atoms with Crippen molar-refractivity contribution >= 4 is 27.0 Å². The molecule has 20 heavy (non-hydrogen) atoms. The molecule has 2 heterocycles. The van der Waals surface area contributed by atoms with Crippen LogP contribution in [-0.4, -0.2) is 19.9 Å². The molecule has 108 valence electrons. The van der Waals surface area contributed by atoms with Gasteiger partial charge >= 0.3 is 0 Å². The van der Waals surface area contributed by atoms with E-state index in [1.807, 2.05) is 23.8 Å². The predicted octanol–water partition coefficient (Wildman–Crippen LogP) is 2.44. The Hall–Kier alpha value is -1.44. The molecule has 0 bridgehead atoms. The Bertz CT molecular complexity index is 639. The van der Waals surface area contributed by atoms with Crippen LogP contribution in [0.1, 0.15) is 18.9 Å². The van der Waals surface area contributed by atoms with E-state index in [2.05, 4.69) is 15.0 Å². The second-order valence-electron chi connectivity index (χ2n) is 4.24. The molecule has 0 aliphatic carbocycles. The molecule has 0 unspecified atom stereocenters. The largest absolute Gasteiger partial charge is 0.383 e. The van der Waals surface area contributed by atoms with Gasteiger partial charge < -0.3 is 5.32 Å². The van der Waals surface area contributed by atoms with E-state index < -0.39 is 10.0 Å². The Morgan fingerprint density at radius 2 is 2.20 bits per heavy atom.